The van der Waals surface area contributed by atoms with Gasteiger partial charge in [0.05, 0.1) is 7.11 Å². The second-order valence-electron chi connectivity index (χ2n) is 4.50. The highest BCUT2D eigenvalue weighted by atomic mass is 16.5. The second kappa shape index (κ2) is 6.02. The third-order valence-corrected chi connectivity index (χ3v) is 3.14. The number of nitrogens with one attached hydrogen (secondary N) is 1. The Kier molecular flexibility index (Phi) is 4.16. The first kappa shape index (κ1) is 13.8. The van der Waals surface area contributed by atoms with E-state index in [0.29, 0.717) is 18.1 Å². The molecule has 2 aromatic rings. The van der Waals surface area contributed by atoms with Crippen LogP contribution >= 0.6 is 0 Å². The van der Waals surface area contributed by atoms with Gasteiger partial charge < -0.3 is 10.1 Å². The molecule has 0 bridgehead atoms. The minimum absolute atomic E-state index is 0.342. The number of nitriles is 1. The van der Waals surface area contributed by atoms with Crippen molar-refractivity contribution in [2.24, 2.45) is 0 Å². The molecule has 5 nitrogen and oxygen atoms in total. The lowest BCUT2D eigenvalue weighted by Crippen LogP contribution is -2.05. The Labute approximate surface area is 118 Å². The molecule has 0 unspecified atom stereocenters. The van der Waals surface area contributed by atoms with Gasteiger partial charge in [0.2, 0.25) is 0 Å². The Morgan fingerprint density at radius 2 is 1.95 bits per heavy atom. The highest BCUT2D eigenvalue weighted by Gasteiger charge is 2.06. The summed E-state index contributed by atoms with van der Waals surface area (Å²) in [6, 6.07) is 7.72. The van der Waals surface area contributed by atoms with Crippen molar-refractivity contribution in [1.82, 2.24) is 9.97 Å². The van der Waals surface area contributed by atoms with Gasteiger partial charge in [-0.25, -0.2) is 9.97 Å². The molecule has 102 valence electrons. The molecular formula is C15H16N4O. The van der Waals surface area contributed by atoms with Crippen molar-refractivity contribution in [3.8, 4) is 11.8 Å². The number of benzene rings is 1. The number of anilines is 1. The Morgan fingerprint density at radius 1 is 1.20 bits per heavy atom. The Bertz CT molecular complexity index is 661. The minimum atomic E-state index is 0.342. The van der Waals surface area contributed by atoms with E-state index in [1.807, 2.05) is 12.1 Å². The maximum atomic E-state index is 8.81. The summed E-state index contributed by atoms with van der Waals surface area (Å²) in [6.07, 6.45) is 1.37. The van der Waals surface area contributed by atoms with E-state index < -0.39 is 0 Å². The van der Waals surface area contributed by atoms with E-state index in [-0.39, 0.29) is 0 Å². The Hall–Kier alpha value is -2.61. The van der Waals surface area contributed by atoms with E-state index in [2.05, 4.69) is 35.2 Å². The first-order chi connectivity index (χ1) is 9.63. The SMILES string of the molecule is COc1cc(C)c(C)cc1CNc1cc(C#N)ncn1. The molecule has 0 aliphatic heterocycles. The van der Waals surface area contributed by atoms with Crippen molar-refractivity contribution in [3.05, 3.63) is 46.9 Å². The molecule has 1 heterocycles. The van der Waals surface area contributed by atoms with E-state index in [9.17, 15) is 0 Å². The highest BCUT2D eigenvalue weighted by molar-refractivity contribution is 5.45. The smallest absolute Gasteiger partial charge is 0.145 e. The molecule has 1 aromatic heterocycles. The number of hydrogen-bond acceptors (Lipinski definition) is 5. The summed E-state index contributed by atoms with van der Waals surface area (Å²) in [6.45, 7) is 4.70. The molecule has 0 saturated carbocycles. The predicted molar refractivity (Wildman–Crippen MR) is 76.5 cm³/mol. The van der Waals surface area contributed by atoms with Crippen molar-refractivity contribution in [2.75, 3.05) is 12.4 Å². The molecule has 0 aliphatic carbocycles. The summed E-state index contributed by atoms with van der Waals surface area (Å²) in [5.74, 6) is 1.46. The number of aromatic nitrogens is 2. The summed E-state index contributed by atoms with van der Waals surface area (Å²) in [5, 5.41) is 12.0. The molecule has 2 rings (SSSR count). The van der Waals surface area contributed by atoms with Gasteiger partial charge >= 0.3 is 0 Å². The first-order valence-corrected chi connectivity index (χ1v) is 6.24. The molecular weight excluding hydrogens is 252 g/mol. The lowest BCUT2D eigenvalue weighted by Gasteiger charge is -2.13. The zero-order chi connectivity index (χ0) is 14.5. The number of rotatable bonds is 4. The quantitative estimate of drug-likeness (QED) is 0.922. The molecule has 0 fully saturated rings. The van der Waals surface area contributed by atoms with Gasteiger partial charge in [0.25, 0.3) is 0 Å². The second-order valence-corrected chi connectivity index (χ2v) is 4.50. The van der Waals surface area contributed by atoms with Crippen LogP contribution in [-0.4, -0.2) is 17.1 Å². The normalized spacial score (nSPS) is 9.90. The average Bonchev–Trinajstić information content (AvgIpc) is 2.48. The van der Waals surface area contributed by atoms with Crippen LogP contribution in [0, 0.1) is 25.2 Å². The number of aryl methyl sites for hydroxylation is 2. The van der Waals surface area contributed by atoms with Crippen molar-refractivity contribution >= 4 is 5.82 Å². The van der Waals surface area contributed by atoms with Crippen molar-refractivity contribution in [3.63, 3.8) is 0 Å². The van der Waals surface area contributed by atoms with E-state index >= 15 is 0 Å². The summed E-state index contributed by atoms with van der Waals surface area (Å²) < 4.78 is 5.39. The van der Waals surface area contributed by atoms with Crippen LogP contribution in [0.3, 0.4) is 0 Å². The first-order valence-electron chi connectivity index (χ1n) is 6.24. The van der Waals surface area contributed by atoms with Gasteiger partial charge in [-0.3, -0.25) is 0 Å². The van der Waals surface area contributed by atoms with Crippen molar-refractivity contribution in [2.45, 2.75) is 20.4 Å². The van der Waals surface area contributed by atoms with E-state index in [4.69, 9.17) is 10.00 Å². The van der Waals surface area contributed by atoms with Crippen LogP contribution in [0.1, 0.15) is 22.4 Å². The molecule has 20 heavy (non-hydrogen) atoms. The van der Waals surface area contributed by atoms with Crippen LogP contribution in [0.4, 0.5) is 5.82 Å². The fourth-order valence-corrected chi connectivity index (χ4v) is 1.88. The number of methoxy groups -OCH3 is 1. The van der Waals surface area contributed by atoms with Gasteiger partial charge in [0.1, 0.15) is 29.7 Å². The Balaban J connectivity index is 2.18. The maximum Gasteiger partial charge on any atom is 0.145 e. The standard InChI is InChI=1S/C15H16N4O/c1-10-4-12(14(20-3)5-11(10)2)8-17-15-6-13(7-16)18-9-19-15/h4-6,9H,8H2,1-3H3,(H,17,18,19). The number of nitrogens with zero attached hydrogens (tertiary/aromatic N) is 3. The van der Waals surface area contributed by atoms with Gasteiger partial charge in [-0.1, -0.05) is 6.07 Å². The van der Waals surface area contributed by atoms with E-state index in [1.54, 1.807) is 13.2 Å². The molecule has 1 N–H and O–H groups in total. The van der Waals surface area contributed by atoms with Crippen LogP contribution in [0.2, 0.25) is 0 Å². The third kappa shape index (κ3) is 3.04. The lowest BCUT2D eigenvalue weighted by atomic mass is 10.0. The van der Waals surface area contributed by atoms with Crippen LogP contribution in [0.25, 0.3) is 0 Å². The van der Waals surface area contributed by atoms with Crippen molar-refractivity contribution < 1.29 is 4.74 Å². The largest absolute Gasteiger partial charge is 0.496 e. The minimum Gasteiger partial charge on any atom is -0.496 e. The average molecular weight is 268 g/mol. The monoisotopic (exact) mass is 268 g/mol. The van der Waals surface area contributed by atoms with Gasteiger partial charge in [0.15, 0.2) is 0 Å². The van der Waals surface area contributed by atoms with Gasteiger partial charge in [-0.05, 0) is 31.0 Å². The zero-order valence-electron chi connectivity index (χ0n) is 11.8. The van der Waals surface area contributed by atoms with Crippen LogP contribution in [0.15, 0.2) is 24.5 Å². The van der Waals surface area contributed by atoms with Crippen LogP contribution in [0.5, 0.6) is 5.75 Å². The fraction of sp³-hybridized carbons (Fsp3) is 0.267. The Morgan fingerprint density at radius 3 is 2.65 bits per heavy atom. The molecule has 0 atom stereocenters. The molecule has 0 aliphatic rings. The van der Waals surface area contributed by atoms with Gasteiger partial charge in [-0.2, -0.15) is 5.26 Å². The summed E-state index contributed by atoms with van der Waals surface area (Å²) in [7, 11) is 1.66. The summed E-state index contributed by atoms with van der Waals surface area (Å²) in [4.78, 5) is 7.92. The molecule has 0 spiro atoms. The molecule has 1 aromatic carbocycles. The topological polar surface area (TPSA) is 70.8 Å². The third-order valence-electron chi connectivity index (χ3n) is 3.14. The fourth-order valence-electron chi connectivity index (χ4n) is 1.88. The molecule has 0 saturated heterocycles. The lowest BCUT2D eigenvalue weighted by molar-refractivity contribution is 0.410. The summed E-state index contributed by atoms with van der Waals surface area (Å²) >= 11 is 0. The van der Waals surface area contributed by atoms with Crippen molar-refractivity contribution in [1.29, 1.82) is 5.26 Å². The van der Waals surface area contributed by atoms with Gasteiger partial charge in [-0.15, -0.1) is 0 Å². The predicted octanol–water partition coefficient (Wildman–Crippen LogP) is 2.59. The number of ether oxygens (including phenoxy) is 1. The van der Waals surface area contributed by atoms with E-state index in [1.165, 1.54) is 17.5 Å². The molecule has 0 amide bonds. The maximum absolute atomic E-state index is 8.81. The molecule has 5 heteroatoms. The number of hydrogen-bond donors (Lipinski definition) is 1. The van der Waals surface area contributed by atoms with E-state index in [0.717, 1.165) is 11.3 Å². The molecule has 0 radical (unpaired) electrons. The zero-order valence-corrected chi connectivity index (χ0v) is 11.8. The van der Waals surface area contributed by atoms with Crippen LogP contribution in [-0.2, 0) is 6.54 Å². The highest BCUT2D eigenvalue weighted by Crippen LogP contribution is 2.23. The summed E-state index contributed by atoms with van der Waals surface area (Å²) in [5.41, 5.74) is 3.80. The van der Waals surface area contributed by atoms with Crippen LogP contribution < -0.4 is 10.1 Å². The van der Waals surface area contributed by atoms with Gasteiger partial charge in [0, 0.05) is 18.2 Å².